The second kappa shape index (κ2) is 6.53. The Bertz CT molecular complexity index is 278. The van der Waals surface area contributed by atoms with E-state index in [1.807, 2.05) is 0 Å². The van der Waals surface area contributed by atoms with Gasteiger partial charge in [0.2, 0.25) is 5.91 Å². The molecule has 1 saturated heterocycles. The predicted octanol–water partition coefficient (Wildman–Crippen LogP) is 1.10. The Morgan fingerprint density at radius 1 is 1.33 bits per heavy atom. The van der Waals surface area contributed by atoms with Crippen LogP contribution < -0.4 is 11.1 Å². The van der Waals surface area contributed by atoms with E-state index < -0.39 is 0 Å². The van der Waals surface area contributed by atoms with Gasteiger partial charge in [-0.05, 0) is 57.5 Å². The highest BCUT2D eigenvalue weighted by Gasteiger charge is 2.27. The first-order valence-corrected chi connectivity index (χ1v) is 7.43. The standard InChI is InChI=1S/C14H27N3O/c1-11-3-2-8-17(9-6-11)10-7-13(14(15)18)16-12-4-5-12/h11-13,16H,2-10H2,1H3,(H2,15,18). The quantitative estimate of drug-likeness (QED) is 0.745. The SMILES string of the molecule is CC1CCCN(CCC(NC2CC2)C(N)=O)CC1. The molecular formula is C14H27N3O. The van der Waals surface area contributed by atoms with E-state index in [4.69, 9.17) is 5.73 Å². The molecule has 2 fully saturated rings. The molecule has 0 aromatic carbocycles. The van der Waals surface area contributed by atoms with Gasteiger partial charge in [-0.15, -0.1) is 0 Å². The minimum atomic E-state index is -0.190. The van der Waals surface area contributed by atoms with Crippen LogP contribution in [0.25, 0.3) is 0 Å². The average Bonchev–Trinajstić information content (AvgIpc) is 3.13. The topological polar surface area (TPSA) is 58.4 Å². The maximum absolute atomic E-state index is 11.4. The zero-order valence-electron chi connectivity index (χ0n) is 11.5. The van der Waals surface area contributed by atoms with Crippen molar-refractivity contribution in [2.24, 2.45) is 11.7 Å². The van der Waals surface area contributed by atoms with Gasteiger partial charge in [-0.25, -0.2) is 0 Å². The third-order valence-corrected chi connectivity index (χ3v) is 4.20. The highest BCUT2D eigenvalue weighted by Crippen LogP contribution is 2.20. The Morgan fingerprint density at radius 3 is 2.78 bits per heavy atom. The smallest absolute Gasteiger partial charge is 0.234 e. The number of primary amides is 1. The number of carbonyl (C=O) groups excluding carboxylic acids is 1. The Balaban J connectivity index is 1.72. The zero-order valence-corrected chi connectivity index (χ0v) is 11.5. The number of rotatable bonds is 6. The molecule has 4 nitrogen and oxygen atoms in total. The number of amides is 1. The van der Waals surface area contributed by atoms with Crippen LogP contribution in [0.4, 0.5) is 0 Å². The molecule has 2 aliphatic rings. The van der Waals surface area contributed by atoms with Gasteiger partial charge < -0.3 is 16.0 Å². The molecule has 0 aromatic rings. The fourth-order valence-electron chi connectivity index (χ4n) is 2.70. The number of likely N-dealkylation sites (tertiary alicyclic amines) is 1. The van der Waals surface area contributed by atoms with Gasteiger partial charge in [-0.2, -0.15) is 0 Å². The first-order valence-electron chi connectivity index (χ1n) is 7.43. The van der Waals surface area contributed by atoms with E-state index in [9.17, 15) is 4.79 Å². The van der Waals surface area contributed by atoms with Crippen molar-refractivity contribution in [3.8, 4) is 0 Å². The molecular weight excluding hydrogens is 226 g/mol. The van der Waals surface area contributed by atoms with E-state index in [1.165, 1.54) is 45.2 Å². The molecule has 0 spiro atoms. The van der Waals surface area contributed by atoms with Crippen molar-refractivity contribution >= 4 is 5.91 Å². The minimum absolute atomic E-state index is 0.127. The molecule has 0 radical (unpaired) electrons. The van der Waals surface area contributed by atoms with E-state index in [1.54, 1.807) is 0 Å². The molecule has 18 heavy (non-hydrogen) atoms. The van der Waals surface area contributed by atoms with Crippen LogP contribution in [0.2, 0.25) is 0 Å². The van der Waals surface area contributed by atoms with Gasteiger partial charge >= 0.3 is 0 Å². The summed E-state index contributed by atoms with van der Waals surface area (Å²) in [6.07, 6.45) is 7.18. The van der Waals surface area contributed by atoms with Gasteiger partial charge in [0.1, 0.15) is 0 Å². The molecule has 1 aliphatic heterocycles. The zero-order chi connectivity index (χ0) is 13.0. The molecule has 1 aliphatic carbocycles. The van der Waals surface area contributed by atoms with Gasteiger partial charge in [-0.1, -0.05) is 6.92 Å². The maximum Gasteiger partial charge on any atom is 0.234 e. The molecule has 3 N–H and O–H groups in total. The summed E-state index contributed by atoms with van der Waals surface area (Å²) in [7, 11) is 0. The van der Waals surface area contributed by atoms with Crippen molar-refractivity contribution in [2.45, 2.75) is 57.5 Å². The maximum atomic E-state index is 11.4. The van der Waals surface area contributed by atoms with Crippen molar-refractivity contribution in [3.05, 3.63) is 0 Å². The van der Waals surface area contributed by atoms with Crippen molar-refractivity contribution in [1.82, 2.24) is 10.2 Å². The summed E-state index contributed by atoms with van der Waals surface area (Å²) < 4.78 is 0. The largest absolute Gasteiger partial charge is 0.368 e. The van der Waals surface area contributed by atoms with Crippen LogP contribution in [0.5, 0.6) is 0 Å². The fourth-order valence-corrected chi connectivity index (χ4v) is 2.70. The molecule has 2 unspecified atom stereocenters. The summed E-state index contributed by atoms with van der Waals surface area (Å²) in [6.45, 7) is 5.69. The first kappa shape index (κ1) is 13.8. The summed E-state index contributed by atoms with van der Waals surface area (Å²) in [5, 5.41) is 3.35. The van der Waals surface area contributed by atoms with Crippen molar-refractivity contribution in [2.75, 3.05) is 19.6 Å². The molecule has 1 amide bonds. The summed E-state index contributed by atoms with van der Waals surface area (Å²) in [5.41, 5.74) is 5.46. The lowest BCUT2D eigenvalue weighted by molar-refractivity contribution is -0.120. The molecule has 2 rings (SSSR count). The van der Waals surface area contributed by atoms with Crippen molar-refractivity contribution < 1.29 is 4.79 Å². The van der Waals surface area contributed by atoms with Crippen LogP contribution in [-0.4, -0.2) is 42.5 Å². The summed E-state index contributed by atoms with van der Waals surface area (Å²) in [6, 6.07) is 0.421. The van der Waals surface area contributed by atoms with E-state index >= 15 is 0 Å². The molecule has 0 aromatic heterocycles. The van der Waals surface area contributed by atoms with Crippen LogP contribution in [0, 0.1) is 5.92 Å². The number of hydrogen-bond acceptors (Lipinski definition) is 3. The molecule has 2 atom stereocenters. The van der Waals surface area contributed by atoms with Gasteiger partial charge in [-0.3, -0.25) is 4.79 Å². The molecule has 1 heterocycles. The van der Waals surface area contributed by atoms with E-state index in [0.29, 0.717) is 6.04 Å². The number of nitrogens with two attached hydrogens (primary N) is 1. The highest BCUT2D eigenvalue weighted by atomic mass is 16.1. The highest BCUT2D eigenvalue weighted by molar-refractivity contribution is 5.79. The van der Waals surface area contributed by atoms with Crippen molar-refractivity contribution in [1.29, 1.82) is 0 Å². The lowest BCUT2D eigenvalue weighted by Gasteiger charge is -2.23. The van der Waals surface area contributed by atoms with Gasteiger partial charge in [0.05, 0.1) is 6.04 Å². The lowest BCUT2D eigenvalue weighted by atomic mass is 10.0. The van der Waals surface area contributed by atoms with Crippen LogP contribution in [0.15, 0.2) is 0 Å². The monoisotopic (exact) mass is 253 g/mol. The third kappa shape index (κ3) is 4.58. The minimum Gasteiger partial charge on any atom is -0.368 e. The van der Waals surface area contributed by atoms with Gasteiger partial charge in [0, 0.05) is 12.6 Å². The second-order valence-electron chi connectivity index (χ2n) is 6.06. The number of nitrogens with zero attached hydrogens (tertiary/aromatic N) is 1. The average molecular weight is 253 g/mol. The molecule has 1 saturated carbocycles. The Hall–Kier alpha value is -0.610. The molecule has 104 valence electrons. The Labute approximate surface area is 110 Å². The Morgan fingerprint density at radius 2 is 2.11 bits per heavy atom. The summed E-state index contributed by atoms with van der Waals surface area (Å²) in [4.78, 5) is 13.9. The van der Waals surface area contributed by atoms with Crippen LogP contribution >= 0.6 is 0 Å². The summed E-state index contributed by atoms with van der Waals surface area (Å²) in [5.74, 6) is 0.664. The van der Waals surface area contributed by atoms with Crippen LogP contribution in [0.1, 0.15) is 45.4 Å². The number of carbonyl (C=O) groups is 1. The first-order chi connectivity index (χ1) is 8.65. The summed E-state index contributed by atoms with van der Waals surface area (Å²) >= 11 is 0. The molecule has 0 bridgehead atoms. The van der Waals surface area contributed by atoms with E-state index in [0.717, 1.165) is 18.9 Å². The Kier molecular flexibility index (Phi) is 5.01. The van der Waals surface area contributed by atoms with Crippen LogP contribution in [0.3, 0.4) is 0 Å². The van der Waals surface area contributed by atoms with Gasteiger partial charge in [0.15, 0.2) is 0 Å². The normalized spacial score (nSPS) is 27.7. The van der Waals surface area contributed by atoms with Crippen LogP contribution in [-0.2, 0) is 4.79 Å². The number of hydrogen-bond donors (Lipinski definition) is 2. The second-order valence-corrected chi connectivity index (χ2v) is 6.06. The van der Waals surface area contributed by atoms with Crippen molar-refractivity contribution in [3.63, 3.8) is 0 Å². The lowest BCUT2D eigenvalue weighted by Crippen LogP contribution is -2.44. The van der Waals surface area contributed by atoms with E-state index in [2.05, 4.69) is 17.1 Å². The van der Waals surface area contributed by atoms with E-state index in [-0.39, 0.29) is 11.9 Å². The predicted molar refractivity (Wildman–Crippen MR) is 73.2 cm³/mol. The van der Waals surface area contributed by atoms with Gasteiger partial charge in [0.25, 0.3) is 0 Å². The third-order valence-electron chi connectivity index (χ3n) is 4.20. The fraction of sp³-hybridized carbons (Fsp3) is 0.929. The molecule has 4 heteroatoms. The number of nitrogens with one attached hydrogen (secondary N) is 1.